The molecule has 0 N–H and O–H groups in total. The lowest BCUT2D eigenvalue weighted by Gasteiger charge is -2.25. The topological polar surface area (TPSA) is 42.3 Å². The van der Waals surface area contributed by atoms with E-state index in [1.165, 1.54) is 29.9 Å². The van der Waals surface area contributed by atoms with Crippen molar-refractivity contribution in [2.75, 3.05) is 4.31 Å². The lowest BCUT2D eigenvalue weighted by molar-refractivity contribution is -0.0439. The number of hydrogen-bond acceptors (Lipinski definition) is 2. The molecular formula is C13H13F3N2O2S. The van der Waals surface area contributed by atoms with E-state index in [2.05, 4.69) is 0 Å². The Balaban J connectivity index is 2.49. The van der Waals surface area contributed by atoms with E-state index in [9.17, 15) is 21.6 Å². The quantitative estimate of drug-likeness (QED) is 0.870. The van der Waals surface area contributed by atoms with E-state index in [1.54, 1.807) is 30.3 Å². The smallest absolute Gasteiger partial charge is 0.337 e. The maximum Gasteiger partial charge on any atom is 0.516 e. The summed E-state index contributed by atoms with van der Waals surface area (Å²) in [7, 11) is -3.98. The van der Waals surface area contributed by atoms with E-state index in [0.717, 1.165) is 0 Å². The van der Waals surface area contributed by atoms with E-state index in [0.29, 0.717) is 9.87 Å². The first kappa shape index (κ1) is 15.4. The third-order valence-corrected chi connectivity index (χ3v) is 4.40. The van der Waals surface area contributed by atoms with Crippen LogP contribution < -0.4 is 4.31 Å². The van der Waals surface area contributed by atoms with Crippen molar-refractivity contribution in [1.82, 2.24) is 4.57 Å². The molecule has 0 spiro atoms. The van der Waals surface area contributed by atoms with Crippen molar-refractivity contribution >= 4 is 15.8 Å². The van der Waals surface area contributed by atoms with Gasteiger partial charge in [-0.25, -0.2) is 4.31 Å². The monoisotopic (exact) mass is 318 g/mol. The molecule has 0 aliphatic heterocycles. The fourth-order valence-electron chi connectivity index (χ4n) is 1.87. The number of hydrogen-bond donors (Lipinski definition) is 0. The molecule has 114 valence electrons. The Morgan fingerprint density at radius 2 is 1.71 bits per heavy atom. The molecule has 0 amide bonds. The van der Waals surface area contributed by atoms with Gasteiger partial charge in [0.2, 0.25) is 0 Å². The molecule has 0 bridgehead atoms. The molecule has 0 saturated heterocycles. The van der Waals surface area contributed by atoms with Crippen LogP contribution in [0, 0.1) is 0 Å². The van der Waals surface area contributed by atoms with E-state index in [-0.39, 0.29) is 12.4 Å². The van der Waals surface area contributed by atoms with Gasteiger partial charge in [-0.1, -0.05) is 30.3 Å². The third-order valence-electron chi connectivity index (χ3n) is 2.92. The minimum Gasteiger partial charge on any atom is -0.337 e. The summed E-state index contributed by atoms with van der Waals surface area (Å²) in [5, 5.41) is 0. The molecule has 0 unspecified atom stereocenters. The summed E-state index contributed by atoms with van der Waals surface area (Å²) >= 11 is 0. The normalized spacial score (nSPS) is 12.4. The number of benzene rings is 1. The van der Waals surface area contributed by atoms with Gasteiger partial charge in [0.1, 0.15) is 5.82 Å². The van der Waals surface area contributed by atoms with Crippen molar-refractivity contribution in [3.63, 3.8) is 0 Å². The van der Waals surface area contributed by atoms with Gasteiger partial charge < -0.3 is 4.57 Å². The fourth-order valence-corrected chi connectivity index (χ4v) is 2.88. The first-order valence-electron chi connectivity index (χ1n) is 5.98. The van der Waals surface area contributed by atoms with Crippen LogP contribution in [0.4, 0.5) is 19.0 Å². The van der Waals surface area contributed by atoms with E-state index >= 15 is 0 Å². The van der Waals surface area contributed by atoms with Gasteiger partial charge >= 0.3 is 15.5 Å². The molecule has 21 heavy (non-hydrogen) atoms. The van der Waals surface area contributed by atoms with Gasteiger partial charge in [-0.15, -0.1) is 0 Å². The number of anilines is 1. The molecule has 8 heteroatoms. The number of rotatable bonds is 4. The number of alkyl halides is 3. The van der Waals surface area contributed by atoms with Gasteiger partial charge in [0.15, 0.2) is 0 Å². The molecule has 2 rings (SSSR count). The molecule has 0 saturated carbocycles. The predicted molar refractivity (Wildman–Crippen MR) is 73.0 cm³/mol. The van der Waals surface area contributed by atoms with Gasteiger partial charge in [-0.3, -0.25) is 0 Å². The van der Waals surface area contributed by atoms with Crippen LogP contribution in [0.3, 0.4) is 0 Å². The molecule has 0 aliphatic carbocycles. The second kappa shape index (κ2) is 5.44. The first-order valence-corrected chi connectivity index (χ1v) is 7.42. The van der Waals surface area contributed by atoms with Crippen LogP contribution in [0.25, 0.3) is 0 Å². The summed E-state index contributed by atoms with van der Waals surface area (Å²) in [6.07, 6.45) is 1.49. The maximum atomic E-state index is 12.9. The van der Waals surface area contributed by atoms with Crippen molar-refractivity contribution in [3.05, 3.63) is 54.2 Å². The van der Waals surface area contributed by atoms with Crippen LogP contribution in [0.2, 0.25) is 0 Å². The molecule has 0 atom stereocenters. The van der Waals surface area contributed by atoms with Crippen LogP contribution in [0.5, 0.6) is 0 Å². The van der Waals surface area contributed by atoms with E-state index < -0.39 is 15.5 Å². The summed E-state index contributed by atoms with van der Waals surface area (Å²) < 4.78 is 63.9. The molecule has 1 aromatic carbocycles. The van der Waals surface area contributed by atoms with E-state index in [1.807, 2.05) is 0 Å². The Hall–Kier alpha value is -1.96. The minimum absolute atomic E-state index is 0.0452. The molecule has 4 nitrogen and oxygen atoms in total. The average Bonchev–Trinajstić information content (AvgIpc) is 2.82. The van der Waals surface area contributed by atoms with Crippen molar-refractivity contribution in [2.45, 2.75) is 12.1 Å². The predicted octanol–water partition coefficient (Wildman–Crippen LogP) is 2.88. The molecular weight excluding hydrogens is 305 g/mol. The first-order chi connectivity index (χ1) is 9.73. The van der Waals surface area contributed by atoms with Crippen LogP contribution in [0.15, 0.2) is 48.7 Å². The van der Waals surface area contributed by atoms with E-state index in [4.69, 9.17) is 0 Å². The highest BCUT2D eigenvalue weighted by atomic mass is 32.2. The van der Waals surface area contributed by atoms with Crippen LogP contribution in [0.1, 0.15) is 5.56 Å². The van der Waals surface area contributed by atoms with Gasteiger partial charge in [0, 0.05) is 13.2 Å². The Labute approximate surface area is 120 Å². The molecule has 2 aromatic rings. The molecule has 0 aliphatic rings. The Kier molecular flexibility index (Phi) is 3.99. The number of nitrogens with zero attached hydrogens (tertiary/aromatic N) is 2. The summed E-state index contributed by atoms with van der Waals surface area (Å²) in [5.74, 6) is -0.0452. The lowest BCUT2D eigenvalue weighted by Crippen LogP contribution is -2.41. The maximum absolute atomic E-state index is 12.9. The summed E-state index contributed by atoms with van der Waals surface area (Å²) in [6.45, 7) is -0.388. The van der Waals surface area contributed by atoms with Gasteiger partial charge in [0.05, 0.1) is 6.54 Å². The number of aryl methyl sites for hydroxylation is 1. The second-order valence-electron chi connectivity index (χ2n) is 4.42. The summed E-state index contributed by atoms with van der Waals surface area (Å²) in [5.41, 5.74) is -4.89. The van der Waals surface area contributed by atoms with Crippen LogP contribution >= 0.6 is 0 Å². The number of halogens is 3. The Bertz CT molecular complexity index is 709. The average molecular weight is 318 g/mol. The van der Waals surface area contributed by atoms with Gasteiger partial charge in [0.25, 0.3) is 0 Å². The van der Waals surface area contributed by atoms with Crippen molar-refractivity contribution < 1.29 is 21.6 Å². The Morgan fingerprint density at radius 1 is 1.10 bits per heavy atom. The fraction of sp³-hybridized carbons (Fsp3) is 0.231. The number of sulfonamides is 1. The Morgan fingerprint density at radius 3 is 2.19 bits per heavy atom. The highest BCUT2D eigenvalue weighted by molar-refractivity contribution is 7.93. The molecule has 1 aromatic heterocycles. The van der Waals surface area contributed by atoms with Crippen molar-refractivity contribution in [3.8, 4) is 0 Å². The van der Waals surface area contributed by atoms with Crippen molar-refractivity contribution in [1.29, 1.82) is 0 Å². The minimum atomic E-state index is -5.47. The van der Waals surface area contributed by atoms with Crippen LogP contribution in [-0.2, 0) is 23.6 Å². The van der Waals surface area contributed by atoms with Gasteiger partial charge in [-0.2, -0.15) is 21.6 Å². The number of aromatic nitrogens is 1. The summed E-state index contributed by atoms with van der Waals surface area (Å²) in [4.78, 5) is 0. The zero-order chi connectivity index (χ0) is 15.7. The van der Waals surface area contributed by atoms with Gasteiger partial charge in [-0.05, 0) is 17.7 Å². The lowest BCUT2D eigenvalue weighted by atomic mass is 10.2. The summed E-state index contributed by atoms with van der Waals surface area (Å²) in [6, 6.07) is 10.9. The highest BCUT2D eigenvalue weighted by Crippen LogP contribution is 2.32. The highest BCUT2D eigenvalue weighted by Gasteiger charge is 2.50. The SMILES string of the molecule is Cn1cccc1N(Cc1ccccc1)S(=O)(=O)C(F)(F)F. The standard InChI is InChI=1S/C13H13F3N2O2S/c1-17-9-5-8-12(17)18(21(19,20)13(14,15)16)10-11-6-3-2-4-7-11/h2-9H,10H2,1H3. The molecule has 0 fully saturated rings. The molecule has 1 heterocycles. The second-order valence-corrected chi connectivity index (χ2v) is 6.27. The van der Waals surface area contributed by atoms with Crippen LogP contribution in [-0.4, -0.2) is 18.5 Å². The largest absolute Gasteiger partial charge is 0.516 e. The van der Waals surface area contributed by atoms with Crippen molar-refractivity contribution in [2.24, 2.45) is 7.05 Å². The molecule has 0 radical (unpaired) electrons. The zero-order valence-corrected chi connectivity index (χ0v) is 11.9. The zero-order valence-electron chi connectivity index (χ0n) is 11.1. The third kappa shape index (κ3) is 3.05.